The van der Waals surface area contributed by atoms with Crippen LogP contribution in [0.2, 0.25) is 0 Å². The van der Waals surface area contributed by atoms with Crippen molar-refractivity contribution < 1.29 is 34.8 Å². The summed E-state index contributed by atoms with van der Waals surface area (Å²) >= 11 is 3.29. The van der Waals surface area contributed by atoms with Gasteiger partial charge in [-0.1, -0.05) is 52.3 Å². The predicted molar refractivity (Wildman–Crippen MR) is 156 cm³/mol. The summed E-state index contributed by atoms with van der Waals surface area (Å²) < 4.78 is 90.7. The van der Waals surface area contributed by atoms with E-state index in [1.807, 2.05) is 0 Å². The SMILES string of the molecule is CCOC(=O)c1c(S(=O)(=O)NCCCNS(=O)(=O)c2ccccc2)c2cc(Br)ccc2n1S(=O)(=O)c1ccccc1. The Labute approximate surface area is 246 Å². The number of ether oxygens (including phenoxy) is 1. The summed E-state index contributed by atoms with van der Waals surface area (Å²) in [4.78, 5) is 12.5. The zero-order chi connectivity index (χ0) is 29.8. The number of aromatic nitrogens is 1. The molecule has 4 rings (SSSR count). The number of rotatable bonds is 12. The van der Waals surface area contributed by atoms with Crippen LogP contribution in [-0.2, 0) is 34.8 Å². The smallest absolute Gasteiger partial charge is 0.357 e. The first kappa shape index (κ1) is 30.9. The van der Waals surface area contributed by atoms with Crippen molar-refractivity contribution in [3.8, 4) is 0 Å². The standard InChI is InChI=1S/C26H26BrN3O8S3/c1-2-38-26(31)24-25(40(34,35)29-17-9-16-28-39(32,33)20-10-5-3-6-11-20)22-18-19(27)14-15-23(22)30(24)41(36,37)21-12-7-4-8-13-21/h3-8,10-15,18,28-29H,2,9,16-17H2,1H3. The second-order valence-electron chi connectivity index (χ2n) is 8.60. The van der Waals surface area contributed by atoms with Crippen molar-refractivity contribution in [1.82, 2.24) is 13.4 Å². The normalized spacial score (nSPS) is 12.4. The molecular weight excluding hydrogens is 658 g/mol. The first-order valence-electron chi connectivity index (χ1n) is 12.3. The highest BCUT2D eigenvalue weighted by Gasteiger charge is 2.37. The molecule has 4 aromatic rings. The Morgan fingerprint density at radius 1 is 0.805 bits per heavy atom. The van der Waals surface area contributed by atoms with Gasteiger partial charge < -0.3 is 4.74 Å². The predicted octanol–water partition coefficient (Wildman–Crippen LogP) is 3.46. The molecule has 0 spiro atoms. The first-order chi connectivity index (χ1) is 19.4. The van der Waals surface area contributed by atoms with Crippen molar-refractivity contribution in [2.24, 2.45) is 0 Å². The summed E-state index contributed by atoms with van der Waals surface area (Å²) in [6.45, 7) is 1.08. The molecular formula is C26H26BrN3O8S3. The van der Waals surface area contributed by atoms with Gasteiger partial charge in [0.05, 0.1) is 21.9 Å². The number of carbonyl (C=O) groups is 1. The van der Waals surface area contributed by atoms with Crippen LogP contribution >= 0.6 is 15.9 Å². The number of nitrogens with zero attached hydrogens (tertiary/aromatic N) is 1. The zero-order valence-electron chi connectivity index (χ0n) is 21.6. The van der Waals surface area contributed by atoms with Gasteiger partial charge in [-0.25, -0.2) is 43.5 Å². The van der Waals surface area contributed by atoms with E-state index in [0.29, 0.717) is 8.45 Å². The minimum absolute atomic E-state index is 0.0285. The Bertz CT molecular complexity index is 1890. The molecule has 1 heterocycles. The van der Waals surface area contributed by atoms with Gasteiger partial charge in [-0.3, -0.25) is 0 Å². The molecule has 0 saturated heterocycles. The fourth-order valence-corrected chi connectivity index (χ4v) is 8.55. The Morgan fingerprint density at radius 3 is 1.95 bits per heavy atom. The summed E-state index contributed by atoms with van der Waals surface area (Å²) in [6, 6.07) is 19.3. The van der Waals surface area contributed by atoms with Crippen LogP contribution in [0, 0.1) is 0 Å². The molecule has 0 aliphatic heterocycles. The van der Waals surface area contributed by atoms with Crippen LogP contribution < -0.4 is 9.44 Å². The molecule has 1 aromatic heterocycles. The lowest BCUT2D eigenvalue weighted by Gasteiger charge is -2.13. The van der Waals surface area contributed by atoms with Crippen LogP contribution in [0.4, 0.5) is 0 Å². The number of nitrogens with one attached hydrogen (secondary N) is 2. The summed E-state index contributed by atoms with van der Waals surface area (Å²) in [5, 5.41) is -0.0285. The van der Waals surface area contributed by atoms with Crippen LogP contribution in [0.3, 0.4) is 0 Å². The zero-order valence-corrected chi connectivity index (χ0v) is 25.7. The van der Waals surface area contributed by atoms with E-state index in [-0.39, 0.29) is 46.8 Å². The molecule has 11 nitrogen and oxygen atoms in total. The van der Waals surface area contributed by atoms with Crippen LogP contribution in [0.5, 0.6) is 0 Å². The minimum atomic E-state index is -4.52. The molecule has 41 heavy (non-hydrogen) atoms. The molecule has 0 unspecified atom stereocenters. The van der Waals surface area contributed by atoms with Crippen molar-refractivity contribution in [1.29, 1.82) is 0 Å². The Balaban J connectivity index is 1.72. The van der Waals surface area contributed by atoms with Gasteiger partial charge in [0.1, 0.15) is 4.90 Å². The minimum Gasteiger partial charge on any atom is -0.461 e. The lowest BCUT2D eigenvalue weighted by molar-refractivity contribution is 0.0514. The third-order valence-corrected chi connectivity index (χ3v) is 11.1. The number of sulfonamides is 2. The Hall–Kier alpha value is -3.08. The number of benzene rings is 3. The van der Waals surface area contributed by atoms with Crippen LogP contribution in [0.25, 0.3) is 10.9 Å². The van der Waals surface area contributed by atoms with E-state index in [1.54, 1.807) is 24.3 Å². The lowest BCUT2D eigenvalue weighted by Crippen LogP contribution is -2.31. The maximum absolute atomic E-state index is 13.8. The van der Waals surface area contributed by atoms with Gasteiger partial charge in [-0.15, -0.1) is 0 Å². The molecule has 0 fully saturated rings. The molecule has 0 aliphatic carbocycles. The molecule has 218 valence electrons. The van der Waals surface area contributed by atoms with Gasteiger partial charge in [0.2, 0.25) is 20.0 Å². The van der Waals surface area contributed by atoms with E-state index in [4.69, 9.17) is 4.74 Å². The van der Waals surface area contributed by atoms with E-state index in [1.165, 1.54) is 61.5 Å². The number of fused-ring (bicyclic) bond motifs is 1. The second-order valence-corrected chi connectivity index (χ2v) is 14.8. The molecule has 0 bridgehead atoms. The van der Waals surface area contributed by atoms with Crippen molar-refractivity contribution >= 4 is 62.9 Å². The summed E-state index contributed by atoms with van der Waals surface area (Å²) in [7, 11) is -12.8. The van der Waals surface area contributed by atoms with E-state index < -0.39 is 46.6 Å². The van der Waals surface area contributed by atoms with Crippen LogP contribution in [0.15, 0.2) is 98.0 Å². The van der Waals surface area contributed by atoms with Crippen LogP contribution in [-0.4, -0.2) is 54.9 Å². The van der Waals surface area contributed by atoms with Gasteiger partial charge in [0.25, 0.3) is 10.0 Å². The topological polar surface area (TPSA) is 158 Å². The van der Waals surface area contributed by atoms with Gasteiger partial charge in [0.15, 0.2) is 5.69 Å². The highest BCUT2D eigenvalue weighted by Crippen LogP contribution is 2.35. The largest absolute Gasteiger partial charge is 0.461 e. The number of carbonyl (C=O) groups excluding carboxylic acids is 1. The number of esters is 1. The lowest BCUT2D eigenvalue weighted by atomic mass is 10.2. The van der Waals surface area contributed by atoms with E-state index in [2.05, 4.69) is 25.4 Å². The fourth-order valence-electron chi connectivity index (χ4n) is 4.06. The van der Waals surface area contributed by atoms with E-state index >= 15 is 0 Å². The van der Waals surface area contributed by atoms with Crippen molar-refractivity contribution in [3.63, 3.8) is 0 Å². The molecule has 0 amide bonds. The van der Waals surface area contributed by atoms with Crippen LogP contribution in [0.1, 0.15) is 23.8 Å². The van der Waals surface area contributed by atoms with Crippen molar-refractivity contribution in [3.05, 3.63) is 89.0 Å². The Kier molecular flexibility index (Phi) is 9.35. The first-order valence-corrected chi connectivity index (χ1v) is 17.5. The third kappa shape index (κ3) is 6.55. The average Bonchev–Trinajstić information content (AvgIpc) is 3.30. The maximum atomic E-state index is 13.8. The molecule has 15 heteroatoms. The molecule has 0 radical (unpaired) electrons. The monoisotopic (exact) mass is 683 g/mol. The van der Waals surface area contributed by atoms with Gasteiger partial charge in [0, 0.05) is 22.9 Å². The summed E-state index contributed by atoms with van der Waals surface area (Å²) in [5.41, 5.74) is -0.725. The third-order valence-electron chi connectivity index (χ3n) is 5.85. The van der Waals surface area contributed by atoms with Crippen molar-refractivity contribution in [2.45, 2.75) is 28.0 Å². The molecule has 3 aromatic carbocycles. The highest BCUT2D eigenvalue weighted by atomic mass is 79.9. The quantitative estimate of drug-likeness (QED) is 0.170. The fraction of sp³-hybridized carbons (Fsp3) is 0.192. The maximum Gasteiger partial charge on any atom is 0.357 e. The molecule has 0 atom stereocenters. The summed E-state index contributed by atoms with van der Waals surface area (Å²) in [5.74, 6) is -1.14. The molecule has 2 N–H and O–H groups in total. The van der Waals surface area contributed by atoms with E-state index in [0.717, 1.165) is 0 Å². The van der Waals surface area contributed by atoms with Crippen molar-refractivity contribution in [2.75, 3.05) is 19.7 Å². The number of hydrogen-bond acceptors (Lipinski definition) is 8. The highest BCUT2D eigenvalue weighted by molar-refractivity contribution is 9.10. The van der Waals surface area contributed by atoms with Gasteiger partial charge >= 0.3 is 5.97 Å². The molecule has 0 saturated carbocycles. The number of hydrogen-bond donors (Lipinski definition) is 2. The number of halogens is 1. The summed E-state index contributed by atoms with van der Waals surface area (Å²) in [6.07, 6.45) is 0.0602. The molecule has 0 aliphatic rings. The van der Waals surface area contributed by atoms with Gasteiger partial charge in [-0.2, -0.15) is 0 Å². The average molecular weight is 685 g/mol. The second kappa shape index (κ2) is 12.4. The van der Waals surface area contributed by atoms with E-state index in [9.17, 15) is 30.0 Å². The van der Waals surface area contributed by atoms with Gasteiger partial charge in [-0.05, 0) is 55.8 Å². The Morgan fingerprint density at radius 2 is 1.37 bits per heavy atom.